The summed E-state index contributed by atoms with van der Waals surface area (Å²) in [6.07, 6.45) is 1.88. The van der Waals surface area contributed by atoms with Crippen LogP contribution in [0.4, 0.5) is 5.69 Å². The summed E-state index contributed by atoms with van der Waals surface area (Å²) in [5.74, 6) is 0.966. The van der Waals surface area contributed by atoms with E-state index in [4.69, 9.17) is 4.74 Å². The summed E-state index contributed by atoms with van der Waals surface area (Å²) in [7, 11) is 0. The van der Waals surface area contributed by atoms with Crippen molar-refractivity contribution in [2.75, 3.05) is 24.5 Å². The van der Waals surface area contributed by atoms with Crippen molar-refractivity contribution in [1.82, 2.24) is 4.90 Å². The maximum atomic E-state index is 13.1. The highest BCUT2D eigenvalue weighted by atomic mass is 16.5. The van der Waals surface area contributed by atoms with Gasteiger partial charge in [-0.3, -0.25) is 9.59 Å². The average Bonchev–Trinajstić information content (AvgIpc) is 2.81. The quantitative estimate of drug-likeness (QED) is 0.743. The van der Waals surface area contributed by atoms with Crippen LogP contribution in [0.2, 0.25) is 0 Å². The van der Waals surface area contributed by atoms with Gasteiger partial charge in [-0.05, 0) is 50.6 Å². The second-order valence-electron chi connectivity index (χ2n) is 6.57. The maximum absolute atomic E-state index is 13.1. The van der Waals surface area contributed by atoms with Gasteiger partial charge >= 0.3 is 0 Å². The van der Waals surface area contributed by atoms with Crippen LogP contribution in [0.15, 0.2) is 42.5 Å². The van der Waals surface area contributed by atoms with Crippen LogP contribution in [0.1, 0.15) is 54.3 Å². The predicted octanol–water partition coefficient (Wildman–Crippen LogP) is 4.72. The van der Waals surface area contributed by atoms with Gasteiger partial charge in [-0.1, -0.05) is 25.5 Å². The normalized spacial score (nSPS) is 12.7. The van der Waals surface area contributed by atoms with Crippen LogP contribution in [0.25, 0.3) is 0 Å². The number of carbonyl (C=O) groups excluding carboxylic acids is 2. The van der Waals surface area contributed by atoms with E-state index in [0.717, 1.165) is 12.8 Å². The summed E-state index contributed by atoms with van der Waals surface area (Å²) >= 11 is 0. The molecule has 0 aliphatic carbocycles. The number of para-hydroxylation sites is 1. The number of ether oxygens (including phenoxy) is 1. The molecule has 5 nitrogen and oxygen atoms in total. The molecule has 27 heavy (non-hydrogen) atoms. The minimum absolute atomic E-state index is 0.0321. The van der Waals surface area contributed by atoms with Gasteiger partial charge in [-0.15, -0.1) is 0 Å². The third-order valence-electron chi connectivity index (χ3n) is 4.87. The first-order chi connectivity index (χ1) is 13.1. The van der Waals surface area contributed by atoms with E-state index in [1.807, 2.05) is 32.0 Å². The lowest BCUT2D eigenvalue weighted by Gasteiger charge is -2.23. The van der Waals surface area contributed by atoms with E-state index in [-0.39, 0.29) is 11.8 Å². The van der Waals surface area contributed by atoms with Crippen molar-refractivity contribution >= 4 is 17.5 Å². The lowest BCUT2D eigenvalue weighted by molar-refractivity contribution is 0.0772. The first kappa shape index (κ1) is 19.0. The lowest BCUT2D eigenvalue weighted by atomic mass is 10.1. The van der Waals surface area contributed by atoms with E-state index in [1.54, 1.807) is 34.1 Å². The molecular formula is C22H26N2O3. The molecule has 2 aromatic rings. The molecule has 0 radical (unpaired) electrons. The van der Waals surface area contributed by atoms with Gasteiger partial charge < -0.3 is 14.5 Å². The van der Waals surface area contributed by atoms with Crippen molar-refractivity contribution in [3.05, 3.63) is 53.6 Å². The topological polar surface area (TPSA) is 49.9 Å². The van der Waals surface area contributed by atoms with Gasteiger partial charge in [0.1, 0.15) is 5.75 Å². The van der Waals surface area contributed by atoms with Gasteiger partial charge in [0.05, 0.1) is 11.3 Å². The molecular weight excluding hydrogens is 340 g/mol. The van der Waals surface area contributed by atoms with Crippen molar-refractivity contribution in [3.63, 3.8) is 0 Å². The Kier molecular flexibility index (Phi) is 5.79. The van der Waals surface area contributed by atoms with Gasteiger partial charge in [0, 0.05) is 25.2 Å². The van der Waals surface area contributed by atoms with Crippen molar-refractivity contribution in [2.45, 2.75) is 33.6 Å². The zero-order chi connectivity index (χ0) is 19.4. The van der Waals surface area contributed by atoms with Crippen LogP contribution in [0.3, 0.4) is 0 Å². The minimum Gasteiger partial charge on any atom is -0.454 e. The average molecular weight is 366 g/mol. The van der Waals surface area contributed by atoms with Gasteiger partial charge in [0.15, 0.2) is 5.75 Å². The van der Waals surface area contributed by atoms with E-state index < -0.39 is 0 Å². The Morgan fingerprint density at radius 3 is 2.48 bits per heavy atom. The molecule has 5 heteroatoms. The van der Waals surface area contributed by atoms with Gasteiger partial charge in [0.25, 0.3) is 11.8 Å². The van der Waals surface area contributed by atoms with Gasteiger partial charge in [-0.2, -0.15) is 0 Å². The Bertz CT molecular complexity index is 843. The van der Waals surface area contributed by atoms with Crippen LogP contribution in [0, 0.1) is 0 Å². The SMILES string of the molecule is CCCCN1C(=O)c2ccccc2Oc2cc(C(=O)N(CC)CC)ccc21. The van der Waals surface area contributed by atoms with Gasteiger partial charge in [-0.25, -0.2) is 0 Å². The molecule has 2 aromatic carbocycles. The monoisotopic (exact) mass is 366 g/mol. The van der Waals surface area contributed by atoms with Crippen LogP contribution in [-0.2, 0) is 0 Å². The van der Waals surface area contributed by atoms with Crippen molar-refractivity contribution < 1.29 is 14.3 Å². The van der Waals surface area contributed by atoms with E-state index in [0.29, 0.717) is 47.9 Å². The molecule has 2 amide bonds. The number of unbranched alkanes of at least 4 members (excludes halogenated alkanes) is 1. The number of nitrogens with zero attached hydrogens (tertiary/aromatic N) is 2. The molecule has 1 aliphatic heterocycles. The summed E-state index contributed by atoms with van der Waals surface area (Å²) in [5.41, 5.74) is 1.82. The molecule has 0 bridgehead atoms. The molecule has 142 valence electrons. The number of benzene rings is 2. The first-order valence-electron chi connectivity index (χ1n) is 9.62. The highest BCUT2D eigenvalue weighted by molar-refractivity contribution is 6.10. The number of anilines is 1. The Hall–Kier alpha value is -2.82. The third-order valence-corrected chi connectivity index (χ3v) is 4.87. The highest BCUT2D eigenvalue weighted by Crippen LogP contribution is 2.39. The Morgan fingerprint density at radius 1 is 1.04 bits per heavy atom. The van der Waals surface area contributed by atoms with Crippen LogP contribution in [0.5, 0.6) is 11.5 Å². The summed E-state index contributed by atoms with van der Waals surface area (Å²) < 4.78 is 6.09. The molecule has 0 saturated carbocycles. The molecule has 0 fully saturated rings. The molecule has 0 N–H and O–H groups in total. The zero-order valence-corrected chi connectivity index (χ0v) is 16.2. The second-order valence-corrected chi connectivity index (χ2v) is 6.57. The van der Waals surface area contributed by atoms with E-state index >= 15 is 0 Å². The lowest BCUT2D eigenvalue weighted by Crippen LogP contribution is -2.32. The molecule has 3 rings (SSSR count). The van der Waals surface area contributed by atoms with Crippen LogP contribution in [-0.4, -0.2) is 36.3 Å². The summed E-state index contributed by atoms with van der Waals surface area (Å²) in [4.78, 5) is 29.4. The fraction of sp³-hybridized carbons (Fsp3) is 0.364. The fourth-order valence-electron chi connectivity index (χ4n) is 3.29. The first-order valence-corrected chi connectivity index (χ1v) is 9.62. The number of carbonyl (C=O) groups is 2. The van der Waals surface area contributed by atoms with E-state index in [1.165, 1.54) is 0 Å². The van der Waals surface area contributed by atoms with Crippen LogP contribution < -0.4 is 9.64 Å². The summed E-state index contributed by atoms with van der Waals surface area (Å²) in [6, 6.07) is 12.6. The third kappa shape index (κ3) is 3.68. The zero-order valence-electron chi connectivity index (χ0n) is 16.2. The minimum atomic E-state index is -0.0689. The Labute approximate surface area is 160 Å². The molecule has 0 atom stereocenters. The smallest absolute Gasteiger partial charge is 0.262 e. The highest BCUT2D eigenvalue weighted by Gasteiger charge is 2.28. The van der Waals surface area contributed by atoms with Crippen molar-refractivity contribution in [3.8, 4) is 11.5 Å². The molecule has 0 unspecified atom stereocenters. The molecule has 0 saturated heterocycles. The number of amides is 2. The molecule has 1 aliphatic rings. The number of hydrogen-bond donors (Lipinski definition) is 0. The summed E-state index contributed by atoms with van der Waals surface area (Å²) in [6.45, 7) is 7.93. The van der Waals surface area contributed by atoms with Crippen LogP contribution >= 0.6 is 0 Å². The summed E-state index contributed by atoms with van der Waals surface area (Å²) in [5, 5.41) is 0. The Morgan fingerprint density at radius 2 is 1.78 bits per heavy atom. The van der Waals surface area contributed by atoms with Crippen molar-refractivity contribution in [1.29, 1.82) is 0 Å². The Balaban J connectivity index is 2.07. The predicted molar refractivity (Wildman–Crippen MR) is 107 cm³/mol. The molecule has 1 heterocycles. The fourth-order valence-corrected chi connectivity index (χ4v) is 3.29. The molecule has 0 spiro atoms. The number of rotatable bonds is 6. The second kappa shape index (κ2) is 8.25. The standard InChI is InChI=1S/C22H26N2O3/c1-4-7-14-24-18-13-12-16(21(25)23(5-2)6-3)15-20(18)27-19-11-9-8-10-17(19)22(24)26/h8-13,15H,4-7,14H2,1-3H3. The van der Waals surface area contributed by atoms with Crippen molar-refractivity contribution in [2.24, 2.45) is 0 Å². The van der Waals surface area contributed by atoms with E-state index in [2.05, 4.69) is 6.92 Å². The number of hydrogen-bond acceptors (Lipinski definition) is 3. The molecule has 0 aromatic heterocycles. The van der Waals surface area contributed by atoms with E-state index in [9.17, 15) is 9.59 Å². The largest absolute Gasteiger partial charge is 0.454 e. The maximum Gasteiger partial charge on any atom is 0.262 e. The number of fused-ring (bicyclic) bond motifs is 2. The van der Waals surface area contributed by atoms with Gasteiger partial charge in [0.2, 0.25) is 0 Å².